The van der Waals surface area contributed by atoms with E-state index < -0.39 is 109 Å². The van der Waals surface area contributed by atoms with Gasteiger partial charge in [0, 0.05) is 31.7 Å². The van der Waals surface area contributed by atoms with Gasteiger partial charge in [-0.2, -0.15) is 0 Å². The van der Waals surface area contributed by atoms with Gasteiger partial charge in [-0.3, -0.25) is 33.6 Å². The van der Waals surface area contributed by atoms with Crippen molar-refractivity contribution in [2.24, 2.45) is 29.2 Å². The summed E-state index contributed by atoms with van der Waals surface area (Å²) in [5.74, 6) is -5.81. The number of carbonyl (C=O) groups excluding carboxylic acids is 8. The molecule has 0 radical (unpaired) electrons. The molecule has 0 unspecified atom stereocenters. The Morgan fingerprint density at radius 1 is 0.769 bits per heavy atom. The topological polar surface area (TPSA) is 367 Å². The molecule has 1 fully saturated rings. The lowest BCUT2D eigenvalue weighted by atomic mass is 9.99. The van der Waals surface area contributed by atoms with E-state index in [1.807, 2.05) is 0 Å². The van der Waals surface area contributed by atoms with Crippen molar-refractivity contribution in [1.29, 1.82) is 0 Å². The van der Waals surface area contributed by atoms with Crippen molar-refractivity contribution in [2.75, 3.05) is 31.7 Å². The number of ketones is 1. The average Bonchev–Trinajstić information content (AvgIpc) is 3.24. The molecule has 1 heterocycles. The van der Waals surface area contributed by atoms with E-state index in [9.17, 15) is 58.8 Å². The van der Waals surface area contributed by atoms with E-state index in [2.05, 4.69) is 26.6 Å². The number of anilines is 1. The molecule has 13 N–H and O–H groups in total. The number of amides is 7. The van der Waals surface area contributed by atoms with Crippen LogP contribution in [0.5, 0.6) is 5.75 Å². The summed E-state index contributed by atoms with van der Waals surface area (Å²) in [5, 5.41) is 53.8. The van der Waals surface area contributed by atoms with E-state index in [1.54, 1.807) is 41.5 Å². The maximum Gasteiger partial charge on any atom is 0.312 e. The molecule has 2 rings (SSSR count). The van der Waals surface area contributed by atoms with Crippen molar-refractivity contribution in [1.82, 2.24) is 21.3 Å². The van der Waals surface area contributed by atoms with Crippen LogP contribution in [0.25, 0.3) is 0 Å². The standard InChI is InChI=1S/C42H67N7O16/c1-21(2)28(51)13-16-62-17-14-32(53)46-27(11-12-31(43)52)38(58)49-33(22(3)4)39(59)48-26(8-7-15-45-42(44)61)37(57)47-25-10-9-24(20-63-40(60)23(5)6)18-29(25)64-41-36(56)35(55)34(54)30(19-50)65-41/h9-10,18,21-23,26-27,30,33-36,41,50,54-56H,7-8,11-17,19-20H2,1-6H3,(H2,43,52)(H,46,53)(H,47,57)(H,48,59)(H,49,58)(H3,44,45,61)/t26-,27-,30+,33-,34+,35-,36+,41+/m0/s1. The van der Waals surface area contributed by atoms with Crippen LogP contribution < -0.4 is 42.8 Å². The predicted octanol–water partition coefficient (Wildman–Crippen LogP) is -1.65. The fourth-order valence-electron chi connectivity index (χ4n) is 6.08. The fraction of sp³-hybridized carbons (Fsp3) is 0.667. The number of hydrogen-bond donors (Lipinski definition) is 11. The number of ether oxygens (including phenoxy) is 4. The van der Waals surface area contributed by atoms with Gasteiger partial charge in [0.25, 0.3) is 0 Å². The molecule has 0 bridgehead atoms. The summed E-state index contributed by atoms with van der Waals surface area (Å²) in [6, 6.07) is -0.650. The molecule has 0 aliphatic carbocycles. The molecule has 7 amide bonds. The highest BCUT2D eigenvalue weighted by atomic mass is 16.7. The third-order valence-corrected chi connectivity index (χ3v) is 10.0. The minimum Gasteiger partial charge on any atom is -0.461 e. The van der Waals surface area contributed by atoms with Crippen LogP contribution in [-0.4, -0.2) is 143 Å². The van der Waals surface area contributed by atoms with Crippen molar-refractivity contribution in [3.63, 3.8) is 0 Å². The van der Waals surface area contributed by atoms with Gasteiger partial charge in [-0.15, -0.1) is 0 Å². The average molecular weight is 926 g/mol. The Balaban J connectivity index is 2.37. The zero-order valence-electron chi connectivity index (χ0n) is 37.7. The molecule has 65 heavy (non-hydrogen) atoms. The number of aliphatic hydroxyl groups excluding tert-OH is 4. The van der Waals surface area contributed by atoms with Crippen molar-refractivity contribution in [2.45, 2.75) is 136 Å². The number of primary amides is 2. The van der Waals surface area contributed by atoms with Crippen LogP contribution in [0.4, 0.5) is 10.5 Å². The largest absolute Gasteiger partial charge is 0.461 e. The van der Waals surface area contributed by atoms with Crippen LogP contribution in [0.1, 0.15) is 85.6 Å². The fourth-order valence-corrected chi connectivity index (χ4v) is 6.08. The Labute approximate surface area is 377 Å². The smallest absolute Gasteiger partial charge is 0.312 e. The van der Waals surface area contributed by atoms with Gasteiger partial charge in [0.1, 0.15) is 60.7 Å². The molecule has 23 nitrogen and oxygen atoms in total. The number of urea groups is 1. The molecule has 0 saturated carbocycles. The molecule has 23 heteroatoms. The van der Waals surface area contributed by atoms with Gasteiger partial charge in [-0.05, 0) is 42.9 Å². The van der Waals surface area contributed by atoms with Crippen LogP contribution in [0, 0.1) is 17.8 Å². The second-order valence-electron chi connectivity index (χ2n) is 16.5. The van der Waals surface area contributed by atoms with E-state index in [4.69, 9.17) is 30.4 Å². The quantitative estimate of drug-likeness (QED) is 0.0331. The van der Waals surface area contributed by atoms with Crippen LogP contribution in [-0.2, 0) is 54.4 Å². The zero-order chi connectivity index (χ0) is 49.0. The maximum absolute atomic E-state index is 14.1. The molecule has 0 spiro atoms. The summed E-state index contributed by atoms with van der Waals surface area (Å²) < 4.78 is 22.1. The minimum absolute atomic E-state index is 0.00303. The normalized spacial score (nSPS) is 19.7. The molecule has 1 aromatic rings. The monoisotopic (exact) mass is 925 g/mol. The van der Waals surface area contributed by atoms with Gasteiger partial charge in [0.05, 0.1) is 31.4 Å². The maximum atomic E-state index is 14.1. The number of benzene rings is 1. The Bertz CT molecular complexity index is 1780. The van der Waals surface area contributed by atoms with Gasteiger partial charge in [0.2, 0.25) is 35.8 Å². The van der Waals surface area contributed by atoms with Crippen molar-refractivity contribution >= 4 is 53.0 Å². The molecule has 1 aliphatic rings. The Morgan fingerprint density at radius 2 is 1.43 bits per heavy atom. The SMILES string of the molecule is CC(C)C(=O)CCOCCC(=O)N[C@@H](CCC(N)=O)C(=O)N[C@H](C(=O)N[C@@H](CCCNC(N)=O)C(=O)Nc1ccc(COC(=O)C(C)C)cc1O[C@@H]1O[C@H](CO)[C@@H](O)[C@H](O)[C@H]1O)C(C)C. The molecule has 8 atom stereocenters. The van der Waals surface area contributed by atoms with Gasteiger partial charge >= 0.3 is 12.0 Å². The van der Waals surface area contributed by atoms with Crippen LogP contribution >= 0.6 is 0 Å². The van der Waals surface area contributed by atoms with Gasteiger partial charge in [0.15, 0.2) is 0 Å². The number of nitrogens with one attached hydrogen (secondary N) is 5. The third kappa shape index (κ3) is 19.3. The lowest BCUT2D eigenvalue weighted by molar-refractivity contribution is -0.277. The number of aliphatic hydroxyl groups is 4. The van der Waals surface area contributed by atoms with Gasteiger partial charge in [-0.25, -0.2) is 4.79 Å². The van der Waals surface area contributed by atoms with Crippen molar-refractivity contribution < 1.29 is 77.7 Å². The van der Waals surface area contributed by atoms with Crippen molar-refractivity contribution in [3.8, 4) is 5.75 Å². The summed E-state index contributed by atoms with van der Waals surface area (Å²) in [5.41, 5.74) is 10.8. The first-order valence-electron chi connectivity index (χ1n) is 21.5. The summed E-state index contributed by atoms with van der Waals surface area (Å²) in [4.78, 5) is 102. The summed E-state index contributed by atoms with van der Waals surface area (Å²) in [6.07, 6.45) is -8.92. The second kappa shape index (κ2) is 27.8. The molecule has 366 valence electrons. The predicted molar refractivity (Wildman–Crippen MR) is 230 cm³/mol. The second-order valence-corrected chi connectivity index (χ2v) is 16.5. The van der Waals surface area contributed by atoms with Crippen LogP contribution in [0.15, 0.2) is 18.2 Å². The highest BCUT2D eigenvalue weighted by molar-refractivity contribution is 6.00. The first kappa shape index (κ1) is 55.7. The first-order chi connectivity index (χ1) is 30.5. The lowest BCUT2D eigenvalue weighted by Gasteiger charge is -2.39. The number of rotatable bonds is 28. The molecular weight excluding hydrogens is 858 g/mol. The van der Waals surface area contributed by atoms with E-state index >= 15 is 0 Å². The van der Waals surface area contributed by atoms with Crippen LogP contribution in [0.2, 0.25) is 0 Å². The molecule has 1 aromatic carbocycles. The summed E-state index contributed by atoms with van der Waals surface area (Å²) in [7, 11) is 0. The highest BCUT2D eigenvalue weighted by Crippen LogP contribution is 2.31. The molecule has 1 aliphatic heterocycles. The van der Waals surface area contributed by atoms with Gasteiger partial charge < -0.3 is 77.4 Å². The van der Waals surface area contributed by atoms with E-state index in [0.29, 0.717) is 5.56 Å². The third-order valence-electron chi connectivity index (χ3n) is 10.0. The summed E-state index contributed by atoms with van der Waals surface area (Å²) >= 11 is 0. The van der Waals surface area contributed by atoms with Crippen molar-refractivity contribution in [3.05, 3.63) is 23.8 Å². The number of nitrogens with two attached hydrogens (primary N) is 2. The van der Waals surface area contributed by atoms with E-state index in [1.165, 1.54) is 18.2 Å². The molecular formula is C42H67N7O16. The number of carbonyl (C=O) groups is 8. The molecule has 0 aromatic heterocycles. The minimum atomic E-state index is -1.85. The Morgan fingerprint density at radius 3 is 2.03 bits per heavy atom. The van der Waals surface area contributed by atoms with E-state index in [-0.39, 0.29) is 88.0 Å². The number of Topliss-reactive ketones (excluding diaryl/α,β-unsaturated/α-hetero) is 1. The summed E-state index contributed by atoms with van der Waals surface area (Å²) in [6.45, 7) is 9.04. The first-order valence-corrected chi connectivity index (χ1v) is 21.5. The number of hydrogen-bond acceptors (Lipinski definition) is 16. The van der Waals surface area contributed by atoms with E-state index in [0.717, 1.165) is 0 Å². The number of esters is 1. The Hall–Kier alpha value is -5.46. The lowest BCUT2D eigenvalue weighted by Crippen LogP contribution is -2.60. The Kier molecular flexibility index (Phi) is 23.8. The van der Waals surface area contributed by atoms with Crippen LogP contribution in [0.3, 0.4) is 0 Å². The zero-order valence-corrected chi connectivity index (χ0v) is 37.7. The molecule has 1 saturated heterocycles. The highest BCUT2D eigenvalue weighted by Gasteiger charge is 2.45. The van der Waals surface area contributed by atoms with Gasteiger partial charge in [-0.1, -0.05) is 47.6 Å².